The second-order valence-corrected chi connectivity index (χ2v) is 7.86. The fourth-order valence-corrected chi connectivity index (χ4v) is 4.41. The molecule has 142 valence electrons. The van der Waals surface area contributed by atoms with Crippen molar-refractivity contribution in [2.45, 2.75) is 24.7 Å². The van der Waals surface area contributed by atoms with Crippen molar-refractivity contribution in [2.24, 2.45) is 5.92 Å². The first-order chi connectivity index (χ1) is 12.8. The van der Waals surface area contributed by atoms with E-state index in [0.29, 0.717) is 16.5 Å². The zero-order valence-electron chi connectivity index (χ0n) is 14.5. The smallest absolute Gasteiger partial charge is 0.255 e. The van der Waals surface area contributed by atoms with Crippen LogP contribution in [0.15, 0.2) is 46.9 Å². The number of amides is 1. The summed E-state index contributed by atoms with van der Waals surface area (Å²) in [5.41, 5.74) is 1.51. The zero-order chi connectivity index (χ0) is 19.6. The fourth-order valence-electron chi connectivity index (χ4n) is 2.90. The normalized spacial score (nSPS) is 16.3. The molecule has 1 aliphatic rings. The van der Waals surface area contributed by atoms with Crippen LogP contribution in [0.3, 0.4) is 0 Å². The quantitative estimate of drug-likeness (QED) is 0.347. The van der Waals surface area contributed by atoms with E-state index in [1.54, 1.807) is 23.9 Å². The SMILES string of the molecule is CC1=CCCC1CSc1cc(C(=O)Nc2cc(F)c(F)c(F)c2)ccc1Cl. The Morgan fingerprint density at radius 2 is 1.93 bits per heavy atom. The molecule has 1 atom stereocenters. The van der Waals surface area contributed by atoms with Gasteiger partial charge in [-0.25, -0.2) is 13.2 Å². The van der Waals surface area contributed by atoms with Crippen molar-refractivity contribution in [3.63, 3.8) is 0 Å². The molecule has 0 spiro atoms. The van der Waals surface area contributed by atoms with Crippen LogP contribution in [-0.4, -0.2) is 11.7 Å². The van der Waals surface area contributed by atoms with Crippen LogP contribution < -0.4 is 5.32 Å². The minimum absolute atomic E-state index is 0.160. The van der Waals surface area contributed by atoms with E-state index in [2.05, 4.69) is 18.3 Å². The number of anilines is 1. The Labute approximate surface area is 164 Å². The van der Waals surface area contributed by atoms with Crippen LogP contribution in [0.4, 0.5) is 18.9 Å². The molecule has 0 radical (unpaired) electrons. The molecule has 1 N–H and O–H groups in total. The summed E-state index contributed by atoms with van der Waals surface area (Å²) in [6.07, 6.45) is 4.42. The Balaban J connectivity index is 1.72. The van der Waals surface area contributed by atoms with Crippen molar-refractivity contribution in [1.82, 2.24) is 0 Å². The molecule has 2 aromatic rings. The highest BCUT2D eigenvalue weighted by Crippen LogP contribution is 2.35. The number of thioether (sulfide) groups is 1. The van der Waals surface area contributed by atoms with E-state index >= 15 is 0 Å². The third-order valence-corrected chi connectivity index (χ3v) is 6.16. The van der Waals surface area contributed by atoms with Gasteiger partial charge in [-0.3, -0.25) is 4.79 Å². The zero-order valence-corrected chi connectivity index (χ0v) is 16.1. The van der Waals surface area contributed by atoms with E-state index in [-0.39, 0.29) is 5.69 Å². The lowest BCUT2D eigenvalue weighted by atomic mass is 10.1. The lowest BCUT2D eigenvalue weighted by molar-refractivity contribution is 0.102. The number of allylic oxidation sites excluding steroid dienone is 2. The molecule has 1 aliphatic carbocycles. The van der Waals surface area contributed by atoms with Crippen molar-refractivity contribution < 1.29 is 18.0 Å². The molecule has 3 rings (SSSR count). The minimum atomic E-state index is -1.57. The molecule has 0 aromatic heterocycles. The molecule has 0 bridgehead atoms. The Morgan fingerprint density at radius 3 is 2.56 bits per heavy atom. The van der Waals surface area contributed by atoms with Gasteiger partial charge in [0.25, 0.3) is 5.91 Å². The second-order valence-electron chi connectivity index (χ2n) is 6.39. The third-order valence-electron chi connectivity index (χ3n) is 4.50. The molecule has 1 unspecified atom stereocenters. The highest BCUT2D eigenvalue weighted by molar-refractivity contribution is 7.99. The summed E-state index contributed by atoms with van der Waals surface area (Å²) < 4.78 is 39.6. The minimum Gasteiger partial charge on any atom is -0.322 e. The molecule has 2 aromatic carbocycles. The van der Waals surface area contributed by atoms with E-state index in [9.17, 15) is 18.0 Å². The standard InChI is InChI=1S/C20H17ClF3NOS/c1-11-3-2-4-13(11)10-27-18-7-12(5-6-15(18)21)20(26)25-14-8-16(22)19(24)17(23)9-14/h3,5-9,13H,2,4,10H2,1H3,(H,25,26). The molecule has 2 nitrogen and oxygen atoms in total. The van der Waals surface area contributed by atoms with Gasteiger partial charge in [-0.1, -0.05) is 23.3 Å². The van der Waals surface area contributed by atoms with Gasteiger partial charge in [0.15, 0.2) is 17.5 Å². The predicted molar refractivity (Wildman–Crippen MR) is 103 cm³/mol. The van der Waals surface area contributed by atoms with Crippen molar-refractivity contribution in [2.75, 3.05) is 11.1 Å². The number of carbonyl (C=O) groups excluding carboxylic acids is 1. The van der Waals surface area contributed by atoms with Crippen molar-refractivity contribution in [1.29, 1.82) is 0 Å². The summed E-state index contributed by atoms with van der Waals surface area (Å²) in [6.45, 7) is 2.12. The number of rotatable bonds is 5. The maximum absolute atomic E-state index is 13.3. The van der Waals surface area contributed by atoms with E-state index in [1.807, 2.05) is 0 Å². The molecule has 0 fully saturated rings. The predicted octanol–water partition coefficient (Wildman–Crippen LogP) is 6.46. The molecule has 0 saturated carbocycles. The molecule has 0 saturated heterocycles. The van der Waals surface area contributed by atoms with Gasteiger partial charge in [-0.15, -0.1) is 11.8 Å². The van der Waals surface area contributed by atoms with Gasteiger partial charge >= 0.3 is 0 Å². The molecular weight excluding hydrogens is 395 g/mol. The number of carbonyl (C=O) groups is 1. The third kappa shape index (κ3) is 4.68. The summed E-state index contributed by atoms with van der Waals surface area (Å²) in [5, 5.41) is 2.91. The average molecular weight is 412 g/mol. The Hall–Kier alpha value is -1.92. The monoisotopic (exact) mass is 411 g/mol. The highest BCUT2D eigenvalue weighted by Gasteiger charge is 2.18. The van der Waals surface area contributed by atoms with Crippen LogP contribution in [0, 0.1) is 23.4 Å². The first-order valence-corrected chi connectivity index (χ1v) is 9.76. The van der Waals surface area contributed by atoms with Crippen LogP contribution >= 0.6 is 23.4 Å². The maximum atomic E-state index is 13.3. The van der Waals surface area contributed by atoms with Crippen LogP contribution in [0.25, 0.3) is 0 Å². The second kappa shape index (κ2) is 8.40. The van der Waals surface area contributed by atoms with Crippen molar-refractivity contribution in [3.8, 4) is 0 Å². The molecule has 27 heavy (non-hydrogen) atoms. The first kappa shape index (κ1) is 19.8. The van der Waals surface area contributed by atoms with Crippen LogP contribution in [0.1, 0.15) is 30.1 Å². The summed E-state index contributed by atoms with van der Waals surface area (Å²) >= 11 is 7.80. The first-order valence-electron chi connectivity index (χ1n) is 8.40. The van der Waals surface area contributed by atoms with Crippen LogP contribution in [0.2, 0.25) is 5.02 Å². The molecule has 7 heteroatoms. The van der Waals surface area contributed by atoms with Gasteiger partial charge in [-0.2, -0.15) is 0 Å². The topological polar surface area (TPSA) is 29.1 Å². The van der Waals surface area contributed by atoms with Gasteiger partial charge in [0.2, 0.25) is 0 Å². The fraction of sp³-hybridized carbons (Fsp3) is 0.250. The summed E-state index contributed by atoms with van der Waals surface area (Å²) in [6, 6.07) is 6.25. The van der Waals surface area contributed by atoms with Gasteiger partial charge in [0, 0.05) is 34.0 Å². The summed E-state index contributed by atoms with van der Waals surface area (Å²) in [7, 11) is 0. The van der Waals surface area contributed by atoms with Crippen molar-refractivity contribution >= 4 is 35.0 Å². The van der Waals surface area contributed by atoms with Gasteiger partial charge < -0.3 is 5.32 Å². The molecular formula is C20H17ClF3NOS. The van der Waals surface area contributed by atoms with E-state index < -0.39 is 23.4 Å². The summed E-state index contributed by atoms with van der Waals surface area (Å²) in [5.74, 6) is -3.50. The Bertz CT molecular complexity index is 893. The van der Waals surface area contributed by atoms with Gasteiger partial charge in [0.1, 0.15) is 0 Å². The Kier molecular flexibility index (Phi) is 6.17. The van der Waals surface area contributed by atoms with E-state index in [0.717, 1.165) is 35.6 Å². The van der Waals surface area contributed by atoms with Crippen molar-refractivity contribution in [3.05, 3.63) is 70.0 Å². The molecule has 0 heterocycles. The number of benzene rings is 2. The summed E-state index contributed by atoms with van der Waals surface area (Å²) in [4.78, 5) is 13.2. The molecule has 1 amide bonds. The number of hydrogen-bond donors (Lipinski definition) is 1. The lowest BCUT2D eigenvalue weighted by Crippen LogP contribution is -2.13. The van der Waals surface area contributed by atoms with Crippen LogP contribution in [-0.2, 0) is 0 Å². The number of nitrogens with one attached hydrogen (secondary N) is 1. The average Bonchev–Trinajstić information content (AvgIpc) is 3.03. The Morgan fingerprint density at radius 1 is 1.22 bits per heavy atom. The van der Waals surface area contributed by atoms with E-state index in [4.69, 9.17) is 11.6 Å². The lowest BCUT2D eigenvalue weighted by Gasteiger charge is -2.13. The van der Waals surface area contributed by atoms with Crippen LogP contribution in [0.5, 0.6) is 0 Å². The van der Waals surface area contributed by atoms with Gasteiger partial charge in [0.05, 0.1) is 5.02 Å². The number of halogens is 4. The maximum Gasteiger partial charge on any atom is 0.255 e. The highest BCUT2D eigenvalue weighted by atomic mass is 35.5. The van der Waals surface area contributed by atoms with E-state index in [1.165, 1.54) is 11.6 Å². The largest absolute Gasteiger partial charge is 0.322 e. The van der Waals surface area contributed by atoms with Gasteiger partial charge in [-0.05, 0) is 43.9 Å². The molecule has 0 aliphatic heterocycles. The number of hydrogen-bond acceptors (Lipinski definition) is 2.